The highest BCUT2D eigenvalue weighted by molar-refractivity contribution is 6.35. The van der Waals surface area contributed by atoms with E-state index in [1.807, 2.05) is 30.7 Å². The first-order valence-electron chi connectivity index (χ1n) is 8.85. The summed E-state index contributed by atoms with van der Waals surface area (Å²) in [5, 5.41) is 1.30. The summed E-state index contributed by atoms with van der Waals surface area (Å²) in [6.07, 6.45) is 13.6. The highest BCUT2D eigenvalue weighted by Crippen LogP contribution is 2.39. The van der Waals surface area contributed by atoms with Gasteiger partial charge in [0.05, 0.1) is 25.1 Å². The average Bonchev–Trinajstić information content (AvgIpc) is 3.14. The molecule has 0 saturated heterocycles. The van der Waals surface area contributed by atoms with E-state index in [0.717, 1.165) is 5.56 Å². The molecule has 1 aliphatic rings. The van der Waals surface area contributed by atoms with Gasteiger partial charge in [-0.25, -0.2) is 4.98 Å². The van der Waals surface area contributed by atoms with Crippen molar-refractivity contribution in [2.75, 3.05) is 6.61 Å². The van der Waals surface area contributed by atoms with Crippen LogP contribution in [0.5, 0.6) is 0 Å². The molecule has 1 fully saturated rings. The fourth-order valence-corrected chi connectivity index (χ4v) is 4.33. The number of ether oxygens (including phenoxy) is 1. The van der Waals surface area contributed by atoms with E-state index >= 15 is 0 Å². The lowest BCUT2D eigenvalue weighted by atomic mass is 9.80. The summed E-state index contributed by atoms with van der Waals surface area (Å²) in [5.74, 6) is 0.493. The van der Waals surface area contributed by atoms with E-state index in [2.05, 4.69) is 16.1 Å². The normalized spacial score (nSPS) is 18.0. The fraction of sp³-hybridized carbons (Fsp3) is 0.450. The molecule has 3 rings (SSSR count). The predicted molar refractivity (Wildman–Crippen MR) is 103 cm³/mol. The van der Waals surface area contributed by atoms with Crippen LogP contribution in [0.15, 0.2) is 49.6 Å². The molecule has 2 unspecified atom stereocenters. The van der Waals surface area contributed by atoms with Gasteiger partial charge in [0.1, 0.15) is 0 Å². The van der Waals surface area contributed by atoms with E-state index < -0.39 is 0 Å². The minimum absolute atomic E-state index is 0.0196. The number of hydrogen-bond donors (Lipinski definition) is 0. The maximum absolute atomic E-state index is 6.56. The zero-order valence-electron chi connectivity index (χ0n) is 14.3. The van der Waals surface area contributed by atoms with Crippen LogP contribution >= 0.6 is 23.2 Å². The van der Waals surface area contributed by atoms with Crippen LogP contribution in [0.1, 0.15) is 43.7 Å². The van der Waals surface area contributed by atoms with E-state index in [0.29, 0.717) is 22.6 Å². The van der Waals surface area contributed by atoms with Crippen molar-refractivity contribution in [3.63, 3.8) is 0 Å². The topological polar surface area (TPSA) is 27.1 Å². The molecule has 0 N–H and O–H groups in total. The first-order valence-corrected chi connectivity index (χ1v) is 9.61. The Morgan fingerprint density at radius 2 is 2.08 bits per heavy atom. The number of nitrogens with zero attached hydrogens (tertiary/aromatic N) is 2. The lowest BCUT2D eigenvalue weighted by Gasteiger charge is -2.36. The predicted octanol–water partition coefficient (Wildman–Crippen LogP) is 5.93. The molecule has 0 bridgehead atoms. The molecule has 1 heterocycles. The molecule has 0 aliphatic heterocycles. The zero-order valence-corrected chi connectivity index (χ0v) is 15.8. The van der Waals surface area contributed by atoms with Gasteiger partial charge in [0.25, 0.3) is 0 Å². The van der Waals surface area contributed by atoms with Crippen molar-refractivity contribution in [1.82, 2.24) is 9.55 Å². The number of imidazole rings is 1. The second-order valence-corrected chi connectivity index (χ2v) is 7.45. The van der Waals surface area contributed by atoms with Crippen molar-refractivity contribution in [1.29, 1.82) is 0 Å². The molecule has 3 nitrogen and oxygen atoms in total. The van der Waals surface area contributed by atoms with Gasteiger partial charge in [0, 0.05) is 22.4 Å². The summed E-state index contributed by atoms with van der Waals surface area (Å²) < 4.78 is 8.39. The summed E-state index contributed by atoms with van der Waals surface area (Å²) in [5.41, 5.74) is 1.02. The summed E-state index contributed by atoms with van der Waals surface area (Å²) in [6.45, 7) is 4.34. The van der Waals surface area contributed by atoms with Gasteiger partial charge < -0.3 is 9.30 Å². The zero-order chi connectivity index (χ0) is 17.6. The largest absolute Gasteiger partial charge is 0.371 e. The van der Waals surface area contributed by atoms with Crippen molar-refractivity contribution in [2.45, 2.75) is 44.2 Å². The average molecular weight is 379 g/mol. The Bertz CT molecular complexity index is 681. The monoisotopic (exact) mass is 378 g/mol. The highest BCUT2D eigenvalue weighted by atomic mass is 35.5. The summed E-state index contributed by atoms with van der Waals surface area (Å²) in [6, 6.07) is 5.66. The third-order valence-corrected chi connectivity index (χ3v) is 5.52. The SMILES string of the molecule is C=CCOC(C1CCCCC1)C(c1ccc(Cl)cc1Cl)n1ccnc1. The smallest absolute Gasteiger partial charge is 0.0952 e. The van der Waals surface area contributed by atoms with Crippen LogP contribution in [0, 0.1) is 5.92 Å². The van der Waals surface area contributed by atoms with E-state index in [9.17, 15) is 0 Å². The summed E-state index contributed by atoms with van der Waals surface area (Å²) >= 11 is 12.7. The third-order valence-electron chi connectivity index (χ3n) is 4.96. The Balaban J connectivity index is 2.01. The molecule has 1 aliphatic carbocycles. The fourth-order valence-electron chi connectivity index (χ4n) is 3.81. The molecule has 0 amide bonds. The minimum Gasteiger partial charge on any atom is -0.371 e. The van der Waals surface area contributed by atoms with E-state index in [4.69, 9.17) is 27.9 Å². The van der Waals surface area contributed by atoms with Gasteiger partial charge in [-0.15, -0.1) is 6.58 Å². The molecule has 1 aromatic heterocycles. The first kappa shape index (κ1) is 18.5. The second-order valence-electron chi connectivity index (χ2n) is 6.61. The van der Waals surface area contributed by atoms with Crippen LogP contribution in [0.25, 0.3) is 0 Å². The Morgan fingerprint density at radius 1 is 1.28 bits per heavy atom. The Labute approximate surface area is 159 Å². The quantitative estimate of drug-likeness (QED) is 0.558. The van der Waals surface area contributed by atoms with Crippen molar-refractivity contribution >= 4 is 23.2 Å². The van der Waals surface area contributed by atoms with Gasteiger partial charge >= 0.3 is 0 Å². The maximum atomic E-state index is 6.56. The molecule has 25 heavy (non-hydrogen) atoms. The lowest BCUT2D eigenvalue weighted by Crippen LogP contribution is -2.36. The number of hydrogen-bond acceptors (Lipinski definition) is 2. The second kappa shape index (κ2) is 8.88. The molecular weight excluding hydrogens is 355 g/mol. The van der Waals surface area contributed by atoms with Gasteiger partial charge in [-0.05, 0) is 36.5 Å². The van der Waals surface area contributed by atoms with Gasteiger partial charge in [0.2, 0.25) is 0 Å². The molecule has 0 radical (unpaired) electrons. The number of halogens is 2. The van der Waals surface area contributed by atoms with Crippen molar-refractivity contribution in [3.8, 4) is 0 Å². The molecule has 134 valence electrons. The Hall–Kier alpha value is -1.29. The minimum atomic E-state index is -0.0321. The van der Waals surface area contributed by atoms with Gasteiger partial charge in [-0.3, -0.25) is 0 Å². The van der Waals surface area contributed by atoms with Gasteiger partial charge in [0.15, 0.2) is 0 Å². The third kappa shape index (κ3) is 4.46. The number of rotatable bonds is 7. The molecule has 1 aromatic carbocycles. The van der Waals surface area contributed by atoms with E-state index in [1.165, 1.54) is 32.1 Å². The van der Waals surface area contributed by atoms with Crippen molar-refractivity contribution in [2.24, 2.45) is 5.92 Å². The van der Waals surface area contributed by atoms with Gasteiger partial charge in [-0.2, -0.15) is 0 Å². The van der Waals surface area contributed by atoms with Crippen molar-refractivity contribution in [3.05, 3.63) is 65.2 Å². The van der Waals surface area contributed by atoms with Crippen LogP contribution in [0.4, 0.5) is 0 Å². The van der Waals surface area contributed by atoms with Crippen LogP contribution < -0.4 is 0 Å². The van der Waals surface area contributed by atoms with Crippen LogP contribution in [-0.2, 0) is 4.74 Å². The molecule has 2 atom stereocenters. The maximum Gasteiger partial charge on any atom is 0.0952 e. The van der Waals surface area contributed by atoms with Gasteiger partial charge in [-0.1, -0.05) is 54.6 Å². The molecule has 0 spiro atoms. The standard InChI is InChI=1S/C20H24Cl2N2O/c1-2-12-25-20(15-6-4-3-5-7-15)19(24-11-10-23-14-24)17-9-8-16(21)13-18(17)22/h2,8-11,13-15,19-20H,1,3-7,12H2. The van der Waals surface area contributed by atoms with Crippen molar-refractivity contribution < 1.29 is 4.74 Å². The van der Waals surface area contributed by atoms with Crippen LogP contribution in [-0.4, -0.2) is 22.3 Å². The summed E-state index contributed by atoms with van der Waals surface area (Å²) in [4.78, 5) is 4.24. The van der Waals surface area contributed by atoms with E-state index in [1.54, 1.807) is 12.3 Å². The Kier molecular flexibility index (Phi) is 6.57. The summed E-state index contributed by atoms with van der Waals surface area (Å²) in [7, 11) is 0. The Morgan fingerprint density at radius 3 is 2.72 bits per heavy atom. The molecule has 1 saturated carbocycles. The highest BCUT2D eigenvalue weighted by Gasteiger charge is 2.34. The lowest BCUT2D eigenvalue weighted by molar-refractivity contribution is -0.00983. The number of aromatic nitrogens is 2. The first-order chi connectivity index (χ1) is 12.2. The van der Waals surface area contributed by atoms with Crippen LogP contribution in [0.3, 0.4) is 0 Å². The molecule has 2 aromatic rings. The molecule has 5 heteroatoms. The van der Waals surface area contributed by atoms with Crippen LogP contribution in [0.2, 0.25) is 10.0 Å². The molecular formula is C20H24Cl2N2O. The number of benzene rings is 1. The van der Waals surface area contributed by atoms with E-state index in [-0.39, 0.29) is 12.1 Å².